The van der Waals surface area contributed by atoms with E-state index in [1.165, 1.54) is 0 Å². The van der Waals surface area contributed by atoms with Crippen molar-refractivity contribution in [2.24, 2.45) is 0 Å². The van der Waals surface area contributed by atoms with Crippen molar-refractivity contribution in [2.45, 2.75) is 59.2 Å². The molecule has 0 unspecified atom stereocenters. The molecule has 13 heteroatoms. The van der Waals surface area contributed by atoms with Crippen molar-refractivity contribution in [1.82, 2.24) is 0 Å². The molecule has 61 heavy (non-hydrogen) atoms. The highest BCUT2D eigenvalue weighted by Crippen LogP contribution is 2.34. The number of aldehydes is 1. The fraction of sp³-hybridized carbons (Fsp3) is 0.188. The van der Waals surface area contributed by atoms with E-state index in [9.17, 15) is 24.0 Å². The number of amides is 4. The molecule has 0 radical (unpaired) electrons. The Morgan fingerprint density at radius 3 is 1.69 bits per heavy atom. The van der Waals surface area contributed by atoms with Gasteiger partial charge in [-0.1, -0.05) is 60.7 Å². The number of hydrogen-bond donors (Lipinski definition) is 4. The van der Waals surface area contributed by atoms with Crippen molar-refractivity contribution >= 4 is 64.7 Å². The molecule has 4 aromatic carbocycles. The fourth-order valence-corrected chi connectivity index (χ4v) is 6.09. The van der Waals surface area contributed by atoms with Gasteiger partial charge in [-0.2, -0.15) is 0 Å². The summed E-state index contributed by atoms with van der Waals surface area (Å²) in [6.07, 6.45) is 1.87. The summed E-state index contributed by atoms with van der Waals surface area (Å²) in [5.74, 6) is 1.96. The van der Waals surface area contributed by atoms with Gasteiger partial charge in [-0.15, -0.1) is 0 Å². The number of nitrogens with one attached hydrogen (secondary N) is 4. The topological polar surface area (TPSA) is 178 Å². The van der Waals surface area contributed by atoms with Crippen molar-refractivity contribution in [2.75, 3.05) is 21.3 Å². The van der Waals surface area contributed by atoms with Gasteiger partial charge in [-0.3, -0.25) is 25.0 Å². The molecule has 0 bridgehead atoms. The van der Waals surface area contributed by atoms with Gasteiger partial charge in [0.1, 0.15) is 28.5 Å². The smallest absolute Gasteiger partial charge is 0.412 e. The first kappa shape index (κ1) is 42.9. The van der Waals surface area contributed by atoms with Gasteiger partial charge in [0.05, 0.1) is 12.0 Å². The van der Waals surface area contributed by atoms with Crippen LogP contribution in [-0.2, 0) is 25.5 Å². The van der Waals surface area contributed by atoms with Gasteiger partial charge in [0.25, 0.3) is 5.91 Å². The molecule has 0 spiro atoms. The molecular formula is C48H46N4O9. The third kappa shape index (κ3) is 12.2. The summed E-state index contributed by atoms with van der Waals surface area (Å²) in [6, 6.07) is 36.6. The van der Waals surface area contributed by atoms with E-state index in [0.717, 1.165) is 33.6 Å². The van der Waals surface area contributed by atoms with Crippen molar-refractivity contribution < 1.29 is 42.3 Å². The second kappa shape index (κ2) is 18.5. The van der Waals surface area contributed by atoms with Gasteiger partial charge < -0.3 is 28.9 Å². The lowest BCUT2D eigenvalue weighted by Gasteiger charge is -2.19. The predicted molar refractivity (Wildman–Crippen MR) is 235 cm³/mol. The number of carbonyl (C=O) groups excluding carboxylic acids is 5. The highest BCUT2D eigenvalue weighted by atomic mass is 16.6. The molecule has 0 aliphatic carbocycles. The van der Waals surface area contributed by atoms with Crippen LogP contribution in [0.4, 0.5) is 32.3 Å². The van der Waals surface area contributed by atoms with E-state index in [2.05, 4.69) is 21.3 Å². The first-order valence-corrected chi connectivity index (χ1v) is 19.4. The summed E-state index contributed by atoms with van der Waals surface area (Å²) >= 11 is 0. The Bertz CT molecular complexity index is 2580. The zero-order valence-corrected chi connectivity index (χ0v) is 34.6. The van der Waals surface area contributed by atoms with Crippen molar-refractivity contribution in [3.8, 4) is 22.6 Å². The molecule has 2 aromatic heterocycles. The Hall–Kier alpha value is -7.67. The molecule has 6 aromatic rings. The van der Waals surface area contributed by atoms with E-state index in [0.29, 0.717) is 46.9 Å². The van der Waals surface area contributed by atoms with Crippen LogP contribution in [0.15, 0.2) is 130 Å². The highest BCUT2D eigenvalue weighted by Gasteiger charge is 2.24. The molecule has 312 valence electrons. The quantitative estimate of drug-likeness (QED) is 0.0939. The second-order valence-electron chi connectivity index (χ2n) is 15.9. The van der Waals surface area contributed by atoms with Gasteiger partial charge in [0, 0.05) is 39.4 Å². The minimum absolute atomic E-state index is 0.0983. The molecular weight excluding hydrogens is 777 g/mol. The number of hydrogen-bond acceptors (Lipinski definition) is 9. The number of carbonyl (C=O) groups is 5. The molecule has 4 N–H and O–H groups in total. The number of furan rings is 2. The zero-order valence-electron chi connectivity index (χ0n) is 34.6. The van der Waals surface area contributed by atoms with Crippen LogP contribution >= 0.6 is 0 Å². The van der Waals surface area contributed by atoms with Gasteiger partial charge in [-0.25, -0.2) is 9.59 Å². The van der Waals surface area contributed by atoms with E-state index in [1.54, 1.807) is 69.3 Å². The Balaban J connectivity index is 0.000000173. The fourth-order valence-electron chi connectivity index (χ4n) is 6.09. The van der Waals surface area contributed by atoms with Crippen molar-refractivity contribution in [3.05, 3.63) is 144 Å². The molecule has 2 aliphatic rings. The monoisotopic (exact) mass is 822 g/mol. The van der Waals surface area contributed by atoms with Crippen LogP contribution in [0.5, 0.6) is 0 Å². The molecule has 4 heterocycles. The minimum Gasteiger partial charge on any atom is -0.457 e. The van der Waals surface area contributed by atoms with E-state index in [1.807, 2.05) is 99.6 Å². The SMILES string of the molecule is CC(C)(C)OC(=O)Nc1cccc(-c2ccc(/C=C3/C(=O)Nc4ccccc43)o2)c1.CC(C)(C)OC(=O)Nc1cccc(-c2ccc(C=O)o2)c1.O=C1Cc2ccccc2N1. The lowest BCUT2D eigenvalue weighted by Crippen LogP contribution is -2.27. The largest absolute Gasteiger partial charge is 0.457 e. The first-order valence-electron chi connectivity index (χ1n) is 19.4. The first-order chi connectivity index (χ1) is 29.0. The van der Waals surface area contributed by atoms with Gasteiger partial charge in [0.15, 0.2) is 12.0 Å². The normalized spacial score (nSPS) is 13.2. The zero-order chi connectivity index (χ0) is 43.7. The van der Waals surface area contributed by atoms with E-state index in [4.69, 9.17) is 18.3 Å². The maximum Gasteiger partial charge on any atom is 0.412 e. The summed E-state index contributed by atoms with van der Waals surface area (Å²) in [4.78, 5) is 57.4. The maximum absolute atomic E-state index is 12.3. The van der Waals surface area contributed by atoms with Crippen molar-refractivity contribution in [1.29, 1.82) is 0 Å². The summed E-state index contributed by atoms with van der Waals surface area (Å²) < 4.78 is 21.8. The van der Waals surface area contributed by atoms with Gasteiger partial charge in [-0.05, 0) is 114 Å². The third-order valence-electron chi connectivity index (χ3n) is 8.59. The lowest BCUT2D eigenvalue weighted by atomic mass is 10.1. The summed E-state index contributed by atoms with van der Waals surface area (Å²) in [5.41, 5.74) is 5.89. The van der Waals surface area contributed by atoms with E-state index in [-0.39, 0.29) is 17.6 Å². The Morgan fingerprint density at radius 1 is 0.623 bits per heavy atom. The van der Waals surface area contributed by atoms with Crippen LogP contribution in [0, 0.1) is 0 Å². The third-order valence-corrected chi connectivity index (χ3v) is 8.59. The summed E-state index contributed by atoms with van der Waals surface area (Å²) in [7, 11) is 0. The number of benzene rings is 4. The molecule has 0 fully saturated rings. The number of para-hydroxylation sites is 2. The number of rotatable bonds is 6. The van der Waals surface area contributed by atoms with Crippen molar-refractivity contribution in [3.63, 3.8) is 0 Å². The highest BCUT2D eigenvalue weighted by molar-refractivity contribution is 6.34. The number of anilines is 4. The van der Waals surface area contributed by atoms with Crippen LogP contribution in [0.25, 0.3) is 34.3 Å². The predicted octanol–water partition coefficient (Wildman–Crippen LogP) is 11.1. The molecule has 13 nitrogen and oxygen atoms in total. The lowest BCUT2D eigenvalue weighted by molar-refractivity contribution is -0.115. The number of fused-ring (bicyclic) bond motifs is 2. The van der Waals surface area contributed by atoms with Crippen LogP contribution in [0.3, 0.4) is 0 Å². The van der Waals surface area contributed by atoms with E-state index < -0.39 is 23.4 Å². The van der Waals surface area contributed by atoms with Crippen LogP contribution in [-0.4, -0.2) is 41.5 Å². The standard InChI is InChI=1S/C24H22N2O4.C16H17NO4.C8H7NO/c1-24(2,3)30-23(28)25-16-8-6-7-15(13-16)21-12-11-17(29-21)14-19-18-9-4-5-10-20(18)26-22(19)27;1-16(2,3)21-15(19)17-12-6-4-5-11(9-12)14-8-7-13(10-18)20-14;10-8-5-6-3-1-2-4-7(6)9-8/h4-14H,1-3H3,(H,25,28)(H,26,27);4-10H,1-3H3,(H,17,19);1-4H,5H2,(H,9,10)/b19-14+;;. The second-order valence-corrected chi connectivity index (χ2v) is 15.9. The van der Waals surface area contributed by atoms with Crippen LogP contribution in [0.2, 0.25) is 0 Å². The van der Waals surface area contributed by atoms with Gasteiger partial charge in [0.2, 0.25) is 5.91 Å². The summed E-state index contributed by atoms with van der Waals surface area (Å²) in [5, 5.41) is 11.0. The van der Waals surface area contributed by atoms with E-state index >= 15 is 0 Å². The molecule has 8 rings (SSSR count). The average Bonchev–Trinajstić information content (AvgIpc) is 4.00. The Kier molecular flexibility index (Phi) is 13.0. The van der Waals surface area contributed by atoms with Crippen LogP contribution in [0.1, 0.15) is 69.0 Å². The number of ether oxygens (including phenoxy) is 2. The molecule has 0 saturated carbocycles. The van der Waals surface area contributed by atoms with Gasteiger partial charge >= 0.3 is 12.2 Å². The minimum atomic E-state index is -0.573. The Morgan fingerprint density at radius 2 is 1.15 bits per heavy atom. The maximum atomic E-state index is 12.3. The average molecular weight is 823 g/mol. The van der Waals surface area contributed by atoms with Crippen LogP contribution < -0.4 is 21.3 Å². The summed E-state index contributed by atoms with van der Waals surface area (Å²) in [6.45, 7) is 10.8. The molecule has 0 saturated heterocycles. The molecule has 4 amide bonds. The Labute approximate surface area is 353 Å². The molecule has 0 atom stereocenters. The molecule has 2 aliphatic heterocycles.